The summed E-state index contributed by atoms with van der Waals surface area (Å²) in [6, 6.07) is 19.0. The van der Waals surface area contributed by atoms with E-state index >= 15 is 0 Å². The van der Waals surface area contributed by atoms with E-state index in [4.69, 9.17) is 18.9 Å². The molecule has 0 aliphatic carbocycles. The molecule has 0 radical (unpaired) electrons. The van der Waals surface area contributed by atoms with Crippen LogP contribution in [0, 0.1) is 23.3 Å². The van der Waals surface area contributed by atoms with E-state index in [1.807, 2.05) is 0 Å². The molecule has 2 saturated heterocycles. The molecule has 6 nitrogen and oxygen atoms in total. The van der Waals surface area contributed by atoms with Gasteiger partial charge in [-0.05, 0) is 97.5 Å². The highest BCUT2D eigenvalue weighted by Crippen LogP contribution is 2.27. The fraction of sp³-hybridized carbons (Fsp3) is 0.306. The van der Waals surface area contributed by atoms with Crippen LogP contribution in [0.5, 0.6) is 11.5 Å². The van der Waals surface area contributed by atoms with E-state index in [-0.39, 0.29) is 23.7 Å². The van der Waals surface area contributed by atoms with Gasteiger partial charge in [0.05, 0.1) is 13.2 Å². The summed E-state index contributed by atoms with van der Waals surface area (Å²) in [6.45, 7) is 1.39. The Morgan fingerprint density at radius 1 is 0.609 bits per heavy atom. The lowest BCUT2D eigenvalue weighted by Gasteiger charge is -2.23. The molecule has 0 amide bonds. The molecule has 3 atom stereocenters. The fourth-order valence-electron chi connectivity index (χ4n) is 5.10. The third-order valence-corrected chi connectivity index (χ3v) is 7.45. The van der Waals surface area contributed by atoms with Crippen LogP contribution in [0.2, 0.25) is 0 Å². The summed E-state index contributed by atoms with van der Waals surface area (Å²) in [5, 5.41) is 10.3. The van der Waals surface area contributed by atoms with Gasteiger partial charge in [-0.25, -0.2) is 17.6 Å². The maximum Gasteiger partial charge on any atom is 0.199 e. The number of hydrogen-bond acceptors (Lipinski definition) is 6. The predicted molar refractivity (Wildman–Crippen MR) is 162 cm³/mol. The van der Waals surface area contributed by atoms with Crippen LogP contribution in [0.1, 0.15) is 71.7 Å². The van der Waals surface area contributed by atoms with Crippen LogP contribution in [0.15, 0.2) is 84.9 Å². The van der Waals surface area contributed by atoms with Crippen LogP contribution in [0.3, 0.4) is 0 Å². The van der Waals surface area contributed by atoms with Crippen molar-refractivity contribution in [2.45, 2.75) is 57.2 Å². The molecule has 2 aliphatic heterocycles. The lowest BCUT2D eigenvalue weighted by Crippen LogP contribution is -2.24. The van der Waals surface area contributed by atoms with Crippen molar-refractivity contribution in [2.24, 2.45) is 0 Å². The summed E-state index contributed by atoms with van der Waals surface area (Å²) in [7, 11) is 0. The van der Waals surface area contributed by atoms with Gasteiger partial charge in [0.2, 0.25) is 0 Å². The number of aliphatic hydroxyl groups is 1. The second-order valence-electron chi connectivity index (χ2n) is 11.0. The summed E-state index contributed by atoms with van der Waals surface area (Å²) in [5.74, 6) is -2.19. The van der Waals surface area contributed by atoms with Gasteiger partial charge in [-0.15, -0.1) is 0 Å². The van der Waals surface area contributed by atoms with E-state index < -0.39 is 35.2 Å². The van der Waals surface area contributed by atoms with Gasteiger partial charge >= 0.3 is 0 Å². The summed E-state index contributed by atoms with van der Waals surface area (Å²) in [5.41, 5.74) is 1.03. The maximum atomic E-state index is 13.2. The molecule has 6 rings (SSSR count). The summed E-state index contributed by atoms with van der Waals surface area (Å²) in [6.07, 6.45) is 4.32. The van der Waals surface area contributed by atoms with E-state index in [9.17, 15) is 27.5 Å². The van der Waals surface area contributed by atoms with Crippen LogP contribution < -0.4 is 9.47 Å². The zero-order chi connectivity index (χ0) is 32.5. The van der Waals surface area contributed by atoms with Crippen molar-refractivity contribution < 1.29 is 46.4 Å². The Bertz CT molecular complexity index is 1540. The fourth-order valence-corrected chi connectivity index (χ4v) is 5.10. The highest BCUT2D eigenvalue weighted by Gasteiger charge is 2.18. The van der Waals surface area contributed by atoms with Gasteiger partial charge in [0.25, 0.3) is 0 Å². The van der Waals surface area contributed by atoms with Crippen molar-refractivity contribution in [3.63, 3.8) is 0 Å². The molecule has 0 aromatic heterocycles. The molecular weight excluding hydrogens is 604 g/mol. The number of carbonyl (C=O) groups is 1. The standard InChI is InChI=1S/C18H18F2O3.C18H16F2O3/c2*19-14-9-13(10-15(20)11-14)18(21)12-4-6-16(7-5-12)23-17-3-1-2-8-22-17/h4-7,9-11,17-18,21H,1-3,8H2;4-7,9-11,17H,1-3,8H2. The average Bonchev–Trinajstić information content (AvgIpc) is 3.05. The van der Waals surface area contributed by atoms with Crippen molar-refractivity contribution in [3.05, 3.63) is 130 Å². The molecule has 1 N–H and O–H groups in total. The second kappa shape index (κ2) is 15.8. The van der Waals surface area contributed by atoms with Crippen molar-refractivity contribution in [3.8, 4) is 11.5 Å². The minimum atomic E-state index is -1.10. The first-order valence-corrected chi connectivity index (χ1v) is 15.1. The van der Waals surface area contributed by atoms with Crippen LogP contribution in [0.25, 0.3) is 0 Å². The Labute approximate surface area is 264 Å². The SMILES string of the molecule is O=C(c1ccc(OC2CCCCO2)cc1)c1cc(F)cc(F)c1.OC(c1ccc(OC2CCCCO2)cc1)c1cc(F)cc(F)c1. The van der Waals surface area contributed by atoms with E-state index in [2.05, 4.69) is 0 Å². The first-order chi connectivity index (χ1) is 22.2. The number of aliphatic hydroxyl groups excluding tert-OH is 1. The highest BCUT2D eigenvalue weighted by molar-refractivity contribution is 6.09. The lowest BCUT2D eigenvalue weighted by atomic mass is 10.0. The first kappa shape index (κ1) is 33.1. The van der Waals surface area contributed by atoms with E-state index in [0.29, 0.717) is 35.8 Å². The number of ketones is 1. The number of hydrogen-bond donors (Lipinski definition) is 1. The summed E-state index contributed by atoms with van der Waals surface area (Å²) >= 11 is 0. The molecular formula is C36H34F4O6. The number of ether oxygens (including phenoxy) is 4. The second-order valence-corrected chi connectivity index (χ2v) is 11.0. The van der Waals surface area contributed by atoms with Crippen molar-refractivity contribution in [1.82, 2.24) is 0 Å². The highest BCUT2D eigenvalue weighted by atomic mass is 19.1. The molecule has 0 spiro atoms. The molecule has 242 valence electrons. The third kappa shape index (κ3) is 9.38. The number of rotatable bonds is 8. The molecule has 4 aromatic rings. The van der Waals surface area contributed by atoms with Crippen LogP contribution in [-0.2, 0) is 9.47 Å². The van der Waals surface area contributed by atoms with E-state index in [0.717, 1.165) is 74.9 Å². The smallest absolute Gasteiger partial charge is 0.199 e. The third-order valence-electron chi connectivity index (χ3n) is 7.45. The zero-order valence-corrected chi connectivity index (χ0v) is 25.0. The van der Waals surface area contributed by atoms with E-state index in [1.165, 1.54) is 0 Å². The summed E-state index contributed by atoms with van der Waals surface area (Å²) in [4.78, 5) is 12.3. The Hall–Kier alpha value is -4.25. The van der Waals surface area contributed by atoms with E-state index in [1.54, 1.807) is 48.5 Å². The minimum Gasteiger partial charge on any atom is -0.465 e. The number of carbonyl (C=O) groups excluding carboxylic acids is 1. The normalized spacial score (nSPS) is 18.5. The largest absolute Gasteiger partial charge is 0.465 e. The lowest BCUT2D eigenvalue weighted by molar-refractivity contribution is -0.106. The monoisotopic (exact) mass is 638 g/mol. The van der Waals surface area contributed by atoms with Gasteiger partial charge in [-0.3, -0.25) is 4.79 Å². The van der Waals surface area contributed by atoms with Gasteiger partial charge < -0.3 is 24.1 Å². The zero-order valence-electron chi connectivity index (χ0n) is 25.0. The van der Waals surface area contributed by atoms with Crippen molar-refractivity contribution in [2.75, 3.05) is 13.2 Å². The number of benzene rings is 4. The number of halogens is 4. The Balaban J connectivity index is 0.000000181. The Morgan fingerprint density at radius 3 is 1.52 bits per heavy atom. The maximum absolute atomic E-state index is 13.2. The van der Waals surface area contributed by atoms with Crippen molar-refractivity contribution >= 4 is 5.78 Å². The minimum absolute atomic E-state index is 0.0215. The Kier molecular flexibility index (Phi) is 11.4. The van der Waals surface area contributed by atoms with Gasteiger partial charge in [0.15, 0.2) is 18.4 Å². The predicted octanol–water partition coefficient (Wildman–Crippen LogP) is 8.05. The topological polar surface area (TPSA) is 74.2 Å². The molecule has 2 heterocycles. The first-order valence-electron chi connectivity index (χ1n) is 15.1. The van der Waals surface area contributed by atoms with Crippen LogP contribution in [0.4, 0.5) is 17.6 Å². The van der Waals surface area contributed by atoms with Gasteiger partial charge in [-0.2, -0.15) is 0 Å². The quantitative estimate of drug-likeness (QED) is 0.156. The summed E-state index contributed by atoms with van der Waals surface area (Å²) < 4.78 is 75.3. The van der Waals surface area contributed by atoms with Crippen LogP contribution >= 0.6 is 0 Å². The molecule has 2 fully saturated rings. The van der Waals surface area contributed by atoms with Gasteiger partial charge in [0, 0.05) is 36.1 Å². The van der Waals surface area contributed by atoms with Crippen molar-refractivity contribution in [1.29, 1.82) is 0 Å². The molecule has 3 unspecified atom stereocenters. The molecule has 46 heavy (non-hydrogen) atoms. The van der Waals surface area contributed by atoms with Crippen LogP contribution in [-0.4, -0.2) is 36.7 Å². The van der Waals surface area contributed by atoms with Gasteiger partial charge in [0.1, 0.15) is 40.9 Å². The molecule has 10 heteroatoms. The molecule has 4 aromatic carbocycles. The molecule has 0 saturated carbocycles. The molecule has 0 bridgehead atoms. The Morgan fingerprint density at radius 2 is 1.07 bits per heavy atom. The molecule has 2 aliphatic rings. The van der Waals surface area contributed by atoms with Gasteiger partial charge in [-0.1, -0.05) is 12.1 Å². The average molecular weight is 639 g/mol.